The van der Waals surface area contributed by atoms with Crippen LogP contribution in [0.25, 0.3) is 0 Å². The molecule has 0 fully saturated rings. The standard InChI is InChI=1S/C18H16Br2N2O3/c1-3-24-16-8-12(9-21)4-5-15(16)25-10-17(23)22-18-13(19)6-11(2)7-14(18)20/h4-8H,3,10H2,1-2H3,(H,22,23). The Morgan fingerprint density at radius 1 is 1.16 bits per heavy atom. The van der Waals surface area contributed by atoms with Crippen LogP contribution in [0.3, 0.4) is 0 Å². The highest BCUT2D eigenvalue weighted by atomic mass is 79.9. The number of hydrogen-bond acceptors (Lipinski definition) is 4. The molecule has 25 heavy (non-hydrogen) atoms. The summed E-state index contributed by atoms with van der Waals surface area (Å²) in [5.74, 6) is 0.544. The van der Waals surface area contributed by atoms with E-state index in [0.717, 1.165) is 14.5 Å². The summed E-state index contributed by atoms with van der Waals surface area (Å²) in [6, 6.07) is 10.7. The van der Waals surface area contributed by atoms with Gasteiger partial charge in [-0.05, 0) is 75.5 Å². The molecular weight excluding hydrogens is 452 g/mol. The van der Waals surface area contributed by atoms with E-state index in [2.05, 4.69) is 37.2 Å². The van der Waals surface area contributed by atoms with Crippen LogP contribution in [-0.4, -0.2) is 19.1 Å². The summed E-state index contributed by atoms with van der Waals surface area (Å²) in [5, 5.41) is 11.8. The molecule has 1 amide bonds. The number of hydrogen-bond donors (Lipinski definition) is 1. The van der Waals surface area contributed by atoms with Gasteiger partial charge < -0.3 is 14.8 Å². The van der Waals surface area contributed by atoms with Crippen LogP contribution in [0.15, 0.2) is 39.3 Å². The second-order valence-electron chi connectivity index (χ2n) is 5.15. The van der Waals surface area contributed by atoms with Crippen molar-refractivity contribution in [1.29, 1.82) is 5.26 Å². The van der Waals surface area contributed by atoms with Crippen LogP contribution >= 0.6 is 31.9 Å². The van der Waals surface area contributed by atoms with Crippen molar-refractivity contribution in [3.63, 3.8) is 0 Å². The third-order valence-electron chi connectivity index (χ3n) is 3.18. The molecule has 2 aromatic rings. The van der Waals surface area contributed by atoms with Gasteiger partial charge in [0.25, 0.3) is 5.91 Å². The zero-order chi connectivity index (χ0) is 18.4. The van der Waals surface area contributed by atoms with Crippen LogP contribution in [0.1, 0.15) is 18.1 Å². The molecule has 0 saturated carbocycles. The first kappa shape index (κ1) is 19.3. The van der Waals surface area contributed by atoms with Gasteiger partial charge in [0.05, 0.1) is 23.9 Å². The minimum Gasteiger partial charge on any atom is -0.490 e. The maximum absolute atomic E-state index is 12.2. The van der Waals surface area contributed by atoms with Crippen LogP contribution < -0.4 is 14.8 Å². The van der Waals surface area contributed by atoms with Gasteiger partial charge in [-0.1, -0.05) is 0 Å². The molecule has 2 aromatic carbocycles. The van der Waals surface area contributed by atoms with E-state index >= 15 is 0 Å². The van der Waals surface area contributed by atoms with E-state index < -0.39 is 0 Å². The summed E-state index contributed by atoms with van der Waals surface area (Å²) in [5.41, 5.74) is 2.17. The zero-order valence-electron chi connectivity index (χ0n) is 13.7. The fourth-order valence-electron chi connectivity index (χ4n) is 2.10. The molecule has 0 heterocycles. The number of benzene rings is 2. The number of ether oxygens (including phenoxy) is 2. The van der Waals surface area contributed by atoms with E-state index in [-0.39, 0.29) is 12.5 Å². The van der Waals surface area contributed by atoms with Crippen molar-refractivity contribution < 1.29 is 14.3 Å². The quantitative estimate of drug-likeness (QED) is 0.661. The third kappa shape index (κ3) is 5.21. The predicted molar refractivity (Wildman–Crippen MR) is 103 cm³/mol. The molecule has 0 atom stereocenters. The molecular formula is C18H16Br2N2O3. The van der Waals surface area contributed by atoms with E-state index in [1.165, 1.54) is 0 Å². The molecule has 0 aromatic heterocycles. The van der Waals surface area contributed by atoms with Gasteiger partial charge in [-0.25, -0.2) is 0 Å². The molecule has 0 unspecified atom stereocenters. The molecule has 0 bridgehead atoms. The Hall–Kier alpha value is -2.04. The molecule has 130 valence electrons. The van der Waals surface area contributed by atoms with Crippen LogP contribution in [0, 0.1) is 18.3 Å². The number of halogens is 2. The smallest absolute Gasteiger partial charge is 0.262 e. The van der Waals surface area contributed by atoms with Crippen LogP contribution in [0.4, 0.5) is 5.69 Å². The van der Waals surface area contributed by atoms with Gasteiger partial charge in [-0.2, -0.15) is 5.26 Å². The Morgan fingerprint density at radius 2 is 1.84 bits per heavy atom. The molecule has 0 spiro atoms. The number of nitrogens with zero attached hydrogens (tertiary/aromatic N) is 1. The molecule has 1 N–H and O–H groups in total. The molecule has 0 aliphatic carbocycles. The molecule has 0 radical (unpaired) electrons. The Balaban J connectivity index is 2.07. The SMILES string of the molecule is CCOc1cc(C#N)ccc1OCC(=O)Nc1c(Br)cc(C)cc1Br. The largest absolute Gasteiger partial charge is 0.490 e. The molecule has 0 aliphatic heterocycles. The summed E-state index contributed by atoms with van der Waals surface area (Å²) < 4.78 is 12.6. The number of aryl methyl sites for hydroxylation is 1. The van der Waals surface area contributed by atoms with Crippen molar-refractivity contribution in [3.05, 3.63) is 50.4 Å². The van der Waals surface area contributed by atoms with Crippen LogP contribution in [-0.2, 0) is 4.79 Å². The van der Waals surface area contributed by atoms with Crippen molar-refractivity contribution in [3.8, 4) is 17.6 Å². The number of amides is 1. The lowest BCUT2D eigenvalue weighted by atomic mass is 10.2. The highest BCUT2D eigenvalue weighted by Crippen LogP contribution is 2.32. The van der Waals surface area contributed by atoms with Gasteiger partial charge >= 0.3 is 0 Å². The Bertz CT molecular complexity index is 809. The van der Waals surface area contributed by atoms with Crippen molar-refractivity contribution in [2.75, 3.05) is 18.5 Å². The number of carbonyl (C=O) groups is 1. The monoisotopic (exact) mass is 466 g/mol. The fraction of sp³-hybridized carbons (Fsp3) is 0.222. The summed E-state index contributed by atoms with van der Waals surface area (Å²) in [6.07, 6.45) is 0. The van der Waals surface area contributed by atoms with Crippen molar-refractivity contribution in [2.45, 2.75) is 13.8 Å². The van der Waals surface area contributed by atoms with E-state index in [0.29, 0.717) is 29.4 Å². The molecule has 7 heteroatoms. The average Bonchev–Trinajstić information content (AvgIpc) is 2.57. The van der Waals surface area contributed by atoms with Crippen molar-refractivity contribution >= 4 is 43.5 Å². The van der Waals surface area contributed by atoms with Gasteiger partial charge in [0.1, 0.15) is 0 Å². The topological polar surface area (TPSA) is 71.3 Å². The summed E-state index contributed by atoms with van der Waals surface area (Å²) >= 11 is 6.87. The van der Waals surface area contributed by atoms with E-state index in [1.807, 2.05) is 32.0 Å². The summed E-state index contributed by atoms with van der Waals surface area (Å²) in [4.78, 5) is 12.2. The van der Waals surface area contributed by atoms with Gasteiger partial charge in [-0.15, -0.1) is 0 Å². The van der Waals surface area contributed by atoms with Crippen LogP contribution in [0.5, 0.6) is 11.5 Å². The van der Waals surface area contributed by atoms with Gasteiger partial charge in [-0.3, -0.25) is 4.79 Å². The van der Waals surface area contributed by atoms with Gasteiger partial charge in [0.2, 0.25) is 0 Å². The van der Waals surface area contributed by atoms with Gasteiger partial charge in [0, 0.05) is 15.0 Å². The lowest BCUT2D eigenvalue weighted by Gasteiger charge is -2.13. The number of nitriles is 1. The third-order valence-corrected chi connectivity index (χ3v) is 4.43. The maximum Gasteiger partial charge on any atom is 0.262 e. The van der Waals surface area contributed by atoms with Gasteiger partial charge in [0.15, 0.2) is 18.1 Å². The lowest BCUT2D eigenvalue weighted by Crippen LogP contribution is -2.21. The molecule has 0 aliphatic rings. The fourth-order valence-corrected chi connectivity index (χ4v) is 3.72. The minimum absolute atomic E-state index is 0.182. The van der Waals surface area contributed by atoms with Crippen molar-refractivity contribution in [2.24, 2.45) is 0 Å². The minimum atomic E-state index is -0.308. The molecule has 2 rings (SSSR count). The number of carbonyl (C=O) groups excluding carboxylic acids is 1. The van der Waals surface area contributed by atoms with E-state index in [9.17, 15) is 4.79 Å². The Labute approximate surface area is 163 Å². The molecule has 0 saturated heterocycles. The van der Waals surface area contributed by atoms with Crippen molar-refractivity contribution in [1.82, 2.24) is 0 Å². The first-order valence-corrected chi connectivity index (χ1v) is 9.08. The second-order valence-corrected chi connectivity index (χ2v) is 6.86. The lowest BCUT2D eigenvalue weighted by molar-refractivity contribution is -0.118. The van der Waals surface area contributed by atoms with E-state index in [1.54, 1.807) is 18.2 Å². The summed E-state index contributed by atoms with van der Waals surface area (Å²) in [7, 11) is 0. The number of anilines is 1. The maximum atomic E-state index is 12.2. The highest BCUT2D eigenvalue weighted by Gasteiger charge is 2.13. The predicted octanol–water partition coefficient (Wildman–Crippen LogP) is 4.81. The summed E-state index contributed by atoms with van der Waals surface area (Å²) in [6.45, 7) is 4.05. The Kier molecular flexibility index (Phi) is 6.85. The van der Waals surface area contributed by atoms with Crippen LogP contribution in [0.2, 0.25) is 0 Å². The number of rotatable bonds is 6. The first-order valence-electron chi connectivity index (χ1n) is 7.49. The highest BCUT2D eigenvalue weighted by molar-refractivity contribution is 9.11. The van der Waals surface area contributed by atoms with E-state index in [4.69, 9.17) is 14.7 Å². The first-order chi connectivity index (χ1) is 11.9. The second kappa shape index (κ2) is 8.88. The zero-order valence-corrected chi connectivity index (χ0v) is 16.9. The molecule has 5 nitrogen and oxygen atoms in total. The number of nitrogens with one attached hydrogen (secondary N) is 1. The Morgan fingerprint density at radius 3 is 2.44 bits per heavy atom. The normalized spacial score (nSPS) is 10.0. The average molecular weight is 468 g/mol.